The van der Waals surface area contributed by atoms with E-state index in [1.807, 2.05) is 19.1 Å². The quantitative estimate of drug-likeness (QED) is 0.672. The Hall–Kier alpha value is -0.700. The molecule has 0 aliphatic carbocycles. The van der Waals surface area contributed by atoms with Gasteiger partial charge < -0.3 is 5.32 Å². The lowest BCUT2D eigenvalue weighted by molar-refractivity contribution is 1.15. The highest BCUT2D eigenvalue weighted by molar-refractivity contribution is 7.80. The van der Waals surface area contributed by atoms with E-state index in [0.717, 1.165) is 23.7 Å². The van der Waals surface area contributed by atoms with Crippen molar-refractivity contribution < 1.29 is 0 Å². The summed E-state index contributed by atoms with van der Waals surface area (Å²) in [5.74, 6) is 0.842. The third-order valence-electron chi connectivity index (χ3n) is 1.43. The zero-order chi connectivity index (χ0) is 8.10. The molecule has 0 unspecified atom stereocenters. The first-order chi connectivity index (χ1) is 5.34. The van der Waals surface area contributed by atoms with E-state index in [9.17, 15) is 0 Å². The molecule has 0 spiro atoms. The minimum atomic E-state index is 0.842. The first kappa shape index (κ1) is 8.40. The number of rotatable bonds is 3. The van der Waals surface area contributed by atoms with Crippen LogP contribution in [0.15, 0.2) is 18.3 Å². The van der Waals surface area contributed by atoms with Crippen LogP contribution in [0.25, 0.3) is 0 Å². The van der Waals surface area contributed by atoms with Crippen molar-refractivity contribution in [2.45, 2.75) is 6.92 Å². The van der Waals surface area contributed by atoms with E-state index in [-0.39, 0.29) is 0 Å². The van der Waals surface area contributed by atoms with Gasteiger partial charge in [0.25, 0.3) is 0 Å². The van der Waals surface area contributed by atoms with Gasteiger partial charge in [-0.1, -0.05) is 0 Å². The summed E-state index contributed by atoms with van der Waals surface area (Å²) in [5, 5.41) is 3.22. The van der Waals surface area contributed by atoms with Crippen molar-refractivity contribution in [3.05, 3.63) is 24.0 Å². The third kappa shape index (κ3) is 2.42. The van der Waals surface area contributed by atoms with E-state index >= 15 is 0 Å². The van der Waals surface area contributed by atoms with Crippen molar-refractivity contribution in [2.75, 3.05) is 17.6 Å². The Bertz CT molecular complexity index is 225. The fourth-order valence-corrected chi connectivity index (χ4v) is 0.973. The van der Waals surface area contributed by atoms with Crippen LogP contribution in [0.1, 0.15) is 5.69 Å². The van der Waals surface area contributed by atoms with E-state index in [1.54, 1.807) is 6.20 Å². The molecule has 0 fully saturated rings. The lowest BCUT2D eigenvalue weighted by Gasteiger charge is -2.05. The average molecular weight is 168 g/mol. The summed E-state index contributed by atoms with van der Waals surface area (Å²) in [7, 11) is 0. The molecule has 1 N–H and O–H groups in total. The number of thiol groups is 1. The SMILES string of the molecule is Cc1ncccc1NCCS. The molecule has 1 aromatic rings. The molecular formula is C8H12N2S. The van der Waals surface area contributed by atoms with Crippen LogP contribution >= 0.6 is 12.6 Å². The Morgan fingerprint density at radius 2 is 2.45 bits per heavy atom. The molecule has 60 valence electrons. The Morgan fingerprint density at radius 1 is 1.64 bits per heavy atom. The molecule has 0 bridgehead atoms. The summed E-state index contributed by atoms with van der Waals surface area (Å²) in [4.78, 5) is 4.14. The molecule has 0 aliphatic rings. The smallest absolute Gasteiger partial charge is 0.0603 e. The molecule has 1 rings (SSSR count). The van der Waals surface area contributed by atoms with Crippen molar-refractivity contribution in [1.82, 2.24) is 4.98 Å². The molecule has 0 atom stereocenters. The van der Waals surface area contributed by atoms with E-state index < -0.39 is 0 Å². The molecule has 1 aromatic heterocycles. The molecule has 11 heavy (non-hydrogen) atoms. The number of nitrogens with zero attached hydrogens (tertiary/aromatic N) is 1. The van der Waals surface area contributed by atoms with Gasteiger partial charge in [-0.05, 0) is 19.1 Å². The largest absolute Gasteiger partial charge is 0.383 e. The maximum atomic E-state index is 4.14. The zero-order valence-corrected chi connectivity index (χ0v) is 7.44. The topological polar surface area (TPSA) is 24.9 Å². The number of aromatic nitrogens is 1. The Balaban J connectivity index is 2.62. The Morgan fingerprint density at radius 3 is 3.09 bits per heavy atom. The molecule has 0 aromatic carbocycles. The highest BCUT2D eigenvalue weighted by Gasteiger charge is 1.93. The Labute approximate surface area is 72.5 Å². The predicted molar refractivity (Wildman–Crippen MR) is 51.3 cm³/mol. The van der Waals surface area contributed by atoms with Crippen LogP contribution in [0.5, 0.6) is 0 Å². The molecular weight excluding hydrogens is 156 g/mol. The van der Waals surface area contributed by atoms with Crippen LogP contribution in [0.4, 0.5) is 5.69 Å². The third-order valence-corrected chi connectivity index (χ3v) is 1.66. The number of aryl methyl sites for hydroxylation is 1. The molecule has 0 saturated carbocycles. The van der Waals surface area contributed by atoms with Gasteiger partial charge in [0, 0.05) is 18.5 Å². The van der Waals surface area contributed by atoms with Crippen LogP contribution in [0, 0.1) is 6.92 Å². The number of nitrogens with one attached hydrogen (secondary N) is 1. The van der Waals surface area contributed by atoms with Crippen molar-refractivity contribution in [1.29, 1.82) is 0 Å². The molecule has 3 heteroatoms. The molecule has 1 heterocycles. The van der Waals surface area contributed by atoms with Crippen LogP contribution in [-0.4, -0.2) is 17.3 Å². The minimum absolute atomic E-state index is 0.842. The maximum Gasteiger partial charge on any atom is 0.0603 e. The maximum absolute atomic E-state index is 4.14. The second-order valence-corrected chi connectivity index (χ2v) is 2.73. The van der Waals surface area contributed by atoms with Crippen molar-refractivity contribution >= 4 is 18.3 Å². The van der Waals surface area contributed by atoms with Gasteiger partial charge in [0.2, 0.25) is 0 Å². The summed E-state index contributed by atoms with van der Waals surface area (Å²) < 4.78 is 0. The molecule has 0 radical (unpaired) electrons. The number of anilines is 1. The molecule has 0 amide bonds. The van der Waals surface area contributed by atoms with Crippen molar-refractivity contribution in [3.63, 3.8) is 0 Å². The second kappa shape index (κ2) is 4.23. The number of hydrogen-bond acceptors (Lipinski definition) is 3. The highest BCUT2D eigenvalue weighted by Crippen LogP contribution is 2.09. The minimum Gasteiger partial charge on any atom is -0.383 e. The van der Waals surface area contributed by atoms with Gasteiger partial charge in [-0.2, -0.15) is 12.6 Å². The van der Waals surface area contributed by atoms with Crippen molar-refractivity contribution in [2.24, 2.45) is 0 Å². The second-order valence-electron chi connectivity index (χ2n) is 2.29. The van der Waals surface area contributed by atoms with E-state index in [1.165, 1.54) is 0 Å². The van der Waals surface area contributed by atoms with Gasteiger partial charge in [-0.15, -0.1) is 0 Å². The van der Waals surface area contributed by atoms with E-state index in [4.69, 9.17) is 0 Å². The van der Waals surface area contributed by atoms with Gasteiger partial charge >= 0.3 is 0 Å². The van der Waals surface area contributed by atoms with Crippen LogP contribution in [0.2, 0.25) is 0 Å². The number of hydrogen-bond donors (Lipinski definition) is 2. The van der Waals surface area contributed by atoms with Gasteiger partial charge in [0.1, 0.15) is 0 Å². The van der Waals surface area contributed by atoms with E-state index in [2.05, 4.69) is 22.9 Å². The Kier molecular flexibility index (Phi) is 3.23. The first-order valence-electron chi connectivity index (χ1n) is 3.61. The van der Waals surface area contributed by atoms with Gasteiger partial charge in [-0.25, -0.2) is 0 Å². The summed E-state index contributed by atoms with van der Waals surface area (Å²) in [6.07, 6.45) is 1.79. The first-order valence-corrected chi connectivity index (χ1v) is 4.24. The fraction of sp³-hybridized carbons (Fsp3) is 0.375. The lowest BCUT2D eigenvalue weighted by Crippen LogP contribution is -2.04. The molecule has 2 nitrogen and oxygen atoms in total. The van der Waals surface area contributed by atoms with Crippen molar-refractivity contribution in [3.8, 4) is 0 Å². The summed E-state index contributed by atoms with van der Waals surface area (Å²) >= 11 is 4.10. The lowest BCUT2D eigenvalue weighted by atomic mass is 10.3. The highest BCUT2D eigenvalue weighted by atomic mass is 32.1. The standard InChI is InChI=1S/C8H12N2S/c1-7-8(10-5-6-11)3-2-4-9-7/h2-4,10-11H,5-6H2,1H3. The van der Waals surface area contributed by atoms with Gasteiger partial charge in [0.15, 0.2) is 0 Å². The summed E-state index contributed by atoms with van der Waals surface area (Å²) in [6.45, 7) is 2.87. The van der Waals surface area contributed by atoms with Crippen LogP contribution < -0.4 is 5.32 Å². The average Bonchev–Trinajstić information content (AvgIpc) is 2.03. The molecule has 0 aliphatic heterocycles. The van der Waals surface area contributed by atoms with Crippen LogP contribution in [0.3, 0.4) is 0 Å². The van der Waals surface area contributed by atoms with Gasteiger partial charge in [0.05, 0.1) is 11.4 Å². The predicted octanol–water partition coefficient (Wildman–Crippen LogP) is 1.73. The normalized spacial score (nSPS) is 9.64. The monoisotopic (exact) mass is 168 g/mol. The van der Waals surface area contributed by atoms with Gasteiger partial charge in [-0.3, -0.25) is 4.98 Å². The fourth-order valence-electron chi connectivity index (χ4n) is 0.862. The number of pyridine rings is 1. The zero-order valence-electron chi connectivity index (χ0n) is 6.54. The summed E-state index contributed by atoms with van der Waals surface area (Å²) in [6, 6.07) is 3.94. The molecule has 0 saturated heterocycles. The summed E-state index contributed by atoms with van der Waals surface area (Å²) in [5.41, 5.74) is 2.14. The van der Waals surface area contributed by atoms with E-state index in [0.29, 0.717) is 0 Å². The van der Waals surface area contributed by atoms with Crippen LogP contribution in [-0.2, 0) is 0 Å².